The highest BCUT2D eigenvalue weighted by atomic mass is 127. The van der Waals surface area contributed by atoms with Crippen LogP contribution in [0.25, 0.3) is 0 Å². The van der Waals surface area contributed by atoms with Gasteiger partial charge in [0.25, 0.3) is 0 Å². The van der Waals surface area contributed by atoms with Gasteiger partial charge in [-0.05, 0) is 31.4 Å². The van der Waals surface area contributed by atoms with Crippen molar-refractivity contribution in [3.05, 3.63) is 30.1 Å². The van der Waals surface area contributed by atoms with Crippen LogP contribution < -0.4 is 10.6 Å². The van der Waals surface area contributed by atoms with Crippen molar-refractivity contribution in [3.8, 4) is 0 Å². The normalized spacial score (nSPS) is 18.8. The van der Waals surface area contributed by atoms with Crippen LogP contribution in [0.4, 0.5) is 10.1 Å². The molecule has 1 saturated carbocycles. The first-order valence-corrected chi connectivity index (χ1v) is 8.90. The number of rotatable bonds is 6. The second-order valence-electron chi connectivity index (χ2n) is 6.72. The standard InChI is InChI=1S/C18H28FN5.HI/c1-22(15-7-8-15)18(20)21-9-4-10-23-11-13-24(14-12-23)17-6-3-2-5-16(17)19;/h2-3,5-6,15H,4,7-14H2,1H3,(H2,20,21);1H. The zero-order valence-electron chi connectivity index (χ0n) is 14.9. The molecular formula is C18H29FIN5. The van der Waals surface area contributed by atoms with Gasteiger partial charge in [-0.2, -0.15) is 0 Å². The minimum absolute atomic E-state index is 0. The van der Waals surface area contributed by atoms with Crippen molar-refractivity contribution in [2.24, 2.45) is 10.7 Å². The van der Waals surface area contributed by atoms with Gasteiger partial charge in [-0.25, -0.2) is 4.39 Å². The van der Waals surface area contributed by atoms with E-state index in [1.54, 1.807) is 6.07 Å². The fourth-order valence-electron chi connectivity index (χ4n) is 3.17. The molecule has 1 aromatic carbocycles. The fraction of sp³-hybridized carbons (Fsp3) is 0.611. The predicted molar refractivity (Wildman–Crippen MR) is 112 cm³/mol. The van der Waals surface area contributed by atoms with E-state index in [1.165, 1.54) is 18.9 Å². The van der Waals surface area contributed by atoms with Crippen LogP contribution in [0.5, 0.6) is 0 Å². The monoisotopic (exact) mass is 461 g/mol. The molecule has 1 aliphatic carbocycles. The summed E-state index contributed by atoms with van der Waals surface area (Å²) in [6, 6.07) is 7.63. The summed E-state index contributed by atoms with van der Waals surface area (Å²) in [5.74, 6) is 0.539. The number of piperazine rings is 1. The number of aliphatic imine (C=N–C) groups is 1. The van der Waals surface area contributed by atoms with Crippen LogP contribution in [0, 0.1) is 5.82 Å². The number of guanidine groups is 1. The zero-order chi connectivity index (χ0) is 16.9. The molecule has 1 saturated heterocycles. The minimum Gasteiger partial charge on any atom is -0.370 e. The lowest BCUT2D eigenvalue weighted by Crippen LogP contribution is -2.47. The Hall–Kier alpha value is -1.09. The Balaban J connectivity index is 0.00000225. The van der Waals surface area contributed by atoms with Gasteiger partial charge in [0, 0.05) is 52.4 Å². The van der Waals surface area contributed by atoms with E-state index in [9.17, 15) is 4.39 Å². The summed E-state index contributed by atoms with van der Waals surface area (Å²) in [5, 5.41) is 0. The quantitative estimate of drug-likeness (QED) is 0.306. The molecule has 3 rings (SSSR count). The molecular weight excluding hydrogens is 432 g/mol. The zero-order valence-corrected chi connectivity index (χ0v) is 17.2. The van der Waals surface area contributed by atoms with Crippen molar-refractivity contribution < 1.29 is 4.39 Å². The van der Waals surface area contributed by atoms with Crippen molar-refractivity contribution in [3.63, 3.8) is 0 Å². The van der Waals surface area contributed by atoms with E-state index >= 15 is 0 Å². The number of nitrogens with two attached hydrogens (primary N) is 1. The smallest absolute Gasteiger partial charge is 0.191 e. The van der Waals surface area contributed by atoms with Gasteiger partial charge in [0.05, 0.1) is 5.69 Å². The SMILES string of the molecule is CN(C(N)=NCCCN1CCN(c2ccccc2F)CC1)C1CC1.I. The average molecular weight is 461 g/mol. The van der Waals surface area contributed by atoms with Crippen LogP contribution in [0.2, 0.25) is 0 Å². The van der Waals surface area contributed by atoms with Crippen LogP contribution in [0.1, 0.15) is 19.3 Å². The summed E-state index contributed by atoms with van der Waals surface area (Å²) >= 11 is 0. The van der Waals surface area contributed by atoms with Crippen molar-refractivity contribution in [1.82, 2.24) is 9.80 Å². The van der Waals surface area contributed by atoms with E-state index in [4.69, 9.17) is 5.73 Å². The number of para-hydroxylation sites is 1. The molecule has 140 valence electrons. The Kier molecular flexibility index (Phi) is 7.74. The van der Waals surface area contributed by atoms with Gasteiger partial charge in [0.1, 0.15) is 5.82 Å². The highest BCUT2D eigenvalue weighted by Crippen LogP contribution is 2.24. The van der Waals surface area contributed by atoms with Gasteiger partial charge >= 0.3 is 0 Å². The summed E-state index contributed by atoms with van der Waals surface area (Å²) in [6.45, 7) is 5.48. The Bertz CT molecular complexity index is 570. The number of anilines is 1. The van der Waals surface area contributed by atoms with Gasteiger partial charge in [-0.3, -0.25) is 9.89 Å². The first-order valence-electron chi connectivity index (χ1n) is 8.90. The summed E-state index contributed by atoms with van der Waals surface area (Å²) in [6.07, 6.45) is 3.48. The third kappa shape index (κ3) is 5.70. The van der Waals surface area contributed by atoms with Crippen LogP contribution in [0.15, 0.2) is 29.3 Å². The third-order valence-corrected chi connectivity index (χ3v) is 4.93. The van der Waals surface area contributed by atoms with Gasteiger partial charge in [0.2, 0.25) is 0 Å². The molecule has 2 N–H and O–H groups in total. The average Bonchev–Trinajstić information content (AvgIpc) is 3.44. The second kappa shape index (κ2) is 9.56. The maximum absolute atomic E-state index is 13.8. The lowest BCUT2D eigenvalue weighted by molar-refractivity contribution is 0.255. The lowest BCUT2D eigenvalue weighted by Gasteiger charge is -2.36. The van der Waals surface area contributed by atoms with Crippen molar-refractivity contribution in [1.29, 1.82) is 0 Å². The summed E-state index contributed by atoms with van der Waals surface area (Å²) in [5.41, 5.74) is 6.71. The number of halogens is 2. The molecule has 2 aliphatic rings. The maximum atomic E-state index is 13.8. The molecule has 2 fully saturated rings. The minimum atomic E-state index is -0.129. The Morgan fingerprint density at radius 1 is 1.24 bits per heavy atom. The van der Waals surface area contributed by atoms with E-state index in [0.29, 0.717) is 12.0 Å². The molecule has 0 spiro atoms. The molecule has 1 heterocycles. The van der Waals surface area contributed by atoms with Gasteiger partial charge in [-0.15, -0.1) is 24.0 Å². The maximum Gasteiger partial charge on any atom is 0.191 e. The number of hydrogen-bond donors (Lipinski definition) is 1. The number of benzene rings is 1. The van der Waals surface area contributed by atoms with Crippen molar-refractivity contribution in [2.75, 3.05) is 51.2 Å². The highest BCUT2D eigenvalue weighted by Gasteiger charge is 2.27. The molecule has 0 radical (unpaired) electrons. The molecule has 0 bridgehead atoms. The molecule has 7 heteroatoms. The van der Waals surface area contributed by atoms with Crippen LogP contribution in [-0.4, -0.2) is 68.1 Å². The highest BCUT2D eigenvalue weighted by molar-refractivity contribution is 14.0. The van der Waals surface area contributed by atoms with E-state index in [0.717, 1.165) is 51.4 Å². The molecule has 25 heavy (non-hydrogen) atoms. The molecule has 1 aromatic rings. The lowest BCUT2D eigenvalue weighted by atomic mass is 10.2. The molecule has 1 aliphatic heterocycles. The molecule has 0 aromatic heterocycles. The van der Waals surface area contributed by atoms with E-state index in [1.807, 2.05) is 19.2 Å². The van der Waals surface area contributed by atoms with Gasteiger partial charge < -0.3 is 15.5 Å². The predicted octanol–water partition coefficient (Wildman–Crippen LogP) is 2.36. The summed E-state index contributed by atoms with van der Waals surface area (Å²) in [4.78, 5) is 11.1. The Morgan fingerprint density at radius 2 is 1.92 bits per heavy atom. The number of nitrogens with zero attached hydrogens (tertiary/aromatic N) is 4. The Morgan fingerprint density at radius 3 is 2.56 bits per heavy atom. The number of hydrogen-bond acceptors (Lipinski definition) is 3. The van der Waals surface area contributed by atoms with E-state index in [-0.39, 0.29) is 29.8 Å². The summed E-state index contributed by atoms with van der Waals surface area (Å²) < 4.78 is 13.8. The van der Waals surface area contributed by atoms with Gasteiger partial charge in [-0.1, -0.05) is 12.1 Å². The fourth-order valence-corrected chi connectivity index (χ4v) is 3.17. The molecule has 0 amide bonds. The second-order valence-corrected chi connectivity index (χ2v) is 6.72. The van der Waals surface area contributed by atoms with Crippen molar-refractivity contribution in [2.45, 2.75) is 25.3 Å². The first kappa shape index (κ1) is 20.2. The summed E-state index contributed by atoms with van der Waals surface area (Å²) in [7, 11) is 2.03. The molecule has 5 nitrogen and oxygen atoms in total. The van der Waals surface area contributed by atoms with Gasteiger partial charge in [0.15, 0.2) is 5.96 Å². The third-order valence-electron chi connectivity index (χ3n) is 4.93. The topological polar surface area (TPSA) is 48.1 Å². The van der Waals surface area contributed by atoms with Crippen molar-refractivity contribution >= 4 is 35.6 Å². The Labute approximate surface area is 167 Å². The molecule has 0 unspecified atom stereocenters. The van der Waals surface area contributed by atoms with Crippen LogP contribution >= 0.6 is 24.0 Å². The first-order chi connectivity index (χ1) is 11.6. The van der Waals surface area contributed by atoms with E-state index in [2.05, 4.69) is 19.7 Å². The van der Waals surface area contributed by atoms with Crippen LogP contribution in [0.3, 0.4) is 0 Å². The molecule has 0 atom stereocenters. The van der Waals surface area contributed by atoms with Crippen LogP contribution in [-0.2, 0) is 0 Å². The van der Waals surface area contributed by atoms with E-state index < -0.39 is 0 Å². The largest absolute Gasteiger partial charge is 0.370 e.